The van der Waals surface area contributed by atoms with E-state index in [1.54, 1.807) is 6.20 Å². The zero-order valence-corrected chi connectivity index (χ0v) is 12.8. The van der Waals surface area contributed by atoms with Crippen molar-refractivity contribution in [2.75, 3.05) is 41.3 Å². The van der Waals surface area contributed by atoms with Crippen LogP contribution in [0.25, 0.3) is 0 Å². The lowest BCUT2D eigenvalue weighted by Gasteiger charge is -2.26. The number of nitrogens with zero attached hydrogens (tertiary/aromatic N) is 2. The van der Waals surface area contributed by atoms with Gasteiger partial charge in [-0.15, -0.1) is 0 Å². The Labute approximate surface area is 120 Å². The number of aromatic nitrogens is 1. The Morgan fingerprint density at radius 2 is 2.05 bits per heavy atom. The molecule has 0 amide bonds. The van der Waals surface area contributed by atoms with E-state index in [0.717, 1.165) is 24.0 Å². The molecule has 0 bridgehead atoms. The number of carbonyl (C=O) groups is 1. The molecule has 0 saturated heterocycles. The highest BCUT2D eigenvalue weighted by atomic mass is 16.4. The molecular weight excluding hydrogens is 258 g/mol. The van der Waals surface area contributed by atoms with E-state index < -0.39 is 5.97 Å². The molecule has 0 aromatic carbocycles. The number of nitrogens with one attached hydrogen (secondary N) is 1. The fraction of sp³-hybridized carbons (Fsp3) is 0.571. The molecule has 0 atom stereocenters. The number of quaternary nitrogens is 2. The average molecular weight is 284 g/mol. The van der Waals surface area contributed by atoms with Gasteiger partial charge in [-0.05, 0) is 0 Å². The molecule has 0 aliphatic rings. The lowest BCUT2D eigenvalue weighted by molar-refractivity contribution is -1.03. The molecule has 0 spiro atoms. The molecule has 112 valence electrons. The van der Waals surface area contributed by atoms with Gasteiger partial charge in [-0.2, -0.15) is 4.57 Å². The Kier molecular flexibility index (Phi) is 5.47. The van der Waals surface area contributed by atoms with Crippen LogP contribution in [0.5, 0.6) is 5.75 Å². The van der Waals surface area contributed by atoms with Crippen molar-refractivity contribution in [3.8, 4) is 5.75 Å². The van der Waals surface area contributed by atoms with Crippen molar-refractivity contribution in [1.82, 2.24) is 0 Å². The van der Waals surface area contributed by atoms with Crippen LogP contribution in [0.4, 0.5) is 0 Å². The first-order chi connectivity index (χ1) is 9.21. The van der Waals surface area contributed by atoms with E-state index in [1.807, 2.05) is 4.57 Å². The van der Waals surface area contributed by atoms with Gasteiger partial charge >= 0.3 is 5.97 Å². The third kappa shape index (κ3) is 5.14. The molecular formula is C14H26N3O3+3. The van der Waals surface area contributed by atoms with E-state index in [1.165, 1.54) is 17.2 Å². The first kappa shape index (κ1) is 16.4. The normalized spacial score (nSPS) is 11.8. The van der Waals surface area contributed by atoms with Crippen molar-refractivity contribution < 1.29 is 29.0 Å². The molecule has 1 aromatic heterocycles. The van der Waals surface area contributed by atoms with Gasteiger partial charge in [0.15, 0.2) is 11.9 Å². The van der Waals surface area contributed by atoms with Crippen molar-refractivity contribution >= 4 is 5.97 Å². The molecule has 20 heavy (non-hydrogen) atoms. The van der Waals surface area contributed by atoms with Gasteiger partial charge in [0, 0.05) is 12.5 Å². The Bertz CT molecular complexity index is 473. The van der Waals surface area contributed by atoms with Crippen LogP contribution in [0.1, 0.15) is 16.8 Å². The minimum atomic E-state index is -1.11. The van der Waals surface area contributed by atoms with Crippen molar-refractivity contribution in [3.05, 3.63) is 24.0 Å². The molecule has 6 heteroatoms. The Morgan fingerprint density at radius 3 is 2.55 bits per heavy atom. The van der Waals surface area contributed by atoms with Gasteiger partial charge in [-0.3, -0.25) is 4.48 Å². The van der Waals surface area contributed by atoms with E-state index in [4.69, 9.17) is 5.11 Å². The number of aromatic carboxylic acids is 1. The van der Waals surface area contributed by atoms with Gasteiger partial charge in [-0.1, -0.05) is 0 Å². The molecule has 1 aromatic rings. The van der Waals surface area contributed by atoms with Crippen LogP contribution in [0.3, 0.4) is 0 Å². The number of hydrogen-bond acceptors (Lipinski definition) is 2. The second-order valence-corrected chi connectivity index (χ2v) is 6.17. The van der Waals surface area contributed by atoms with Gasteiger partial charge in [-0.25, -0.2) is 4.79 Å². The fourth-order valence-electron chi connectivity index (χ4n) is 2.17. The van der Waals surface area contributed by atoms with E-state index >= 15 is 0 Å². The molecule has 0 fully saturated rings. The van der Waals surface area contributed by atoms with Crippen molar-refractivity contribution in [2.45, 2.75) is 13.1 Å². The second-order valence-electron chi connectivity index (χ2n) is 6.17. The fourth-order valence-corrected chi connectivity index (χ4v) is 2.17. The van der Waals surface area contributed by atoms with Gasteiger partial charge in [0.1, 0.15) is 5.56 Å². The highest BCUT2D eigenvalue weighted by Crippen LogP contribution is 2.13. The molecule has 0 aliphatic heterocycles. The number of rotatable bonds is 7. The Morgan fingerprint density at radius 1 is 1.40 bits per heavy atom. The summed E-state index contributed by atoms with van der Waals surface area (Å²) in [6.07, 6.45) is 4.29. The van der Waals surface area contributed by atoms with Crippen LogP contribution in [0.15, 0.2) is 18.5 Å². The maximum atomic E-state index is 10.8. The molecule has 1 heterocycles. The number of pyridine rings is 1. The van der Waals surface area contributed by atoms with Gasteiger partial charge in [0.05, 0.1) is 41.3 Å². The van der Waals surface area contributed by atoms with E-state index in [-0.39, 0.29) is 11.3 Å². The zero-order chi connectivity index (χ0) is 15.3. The van der Waals surface area contributed by atoms with Crippen LogP contribution in [-0.2, 0) is 6.67 Å². The topological polar surface area (TPSA) is 65.9 Å². The molecule has 0 aliphatic carbocycles. The number of carboxylic acid groups (broad SMARTS) is 1. The maximum Gasteiger partial charge on any atom is 0.339 e. The summed E-state index contributed by atoms with van der Waals surface area (Å²) in [6, 6.07) is 1.43. The molecule has 6 nitrogen and oxygen atoms in total. The number of carboxylic acids is 1. The molecule has 0 saturated carbocycles. The summed E-state index contributed by atoms with van der Waals surface area (Å²) in [5.74, 6) is -1.31. The Hall–Kier alpha value is -1.66. The largest absolute Gasteiger partial charge is 0.502 e. The third-order valence-corrected chi connectivity index (χ3v) is 3.21. The maximum absolute atomic E-state index is 10.8. The summed E-state index contributed by atoms with van der Waals surface area (Å²) in [5, 5.41) is 18.6. The first-order valence-electron chi connectivity index (χ1n) is 6.78. The molecule has 1 rings (SSSR count). The van der Waals surface area contributed by atoms with Gasteiger partial charge < -0.3 is 15.1 Å². The minimum Gasteiger partial charge on any atom is -0.502 e. The van der Waals surface area contributed by atoms with Gasteiger partial charge in [0.25, 0.3) is 6.67 Å². The quantitative estimate of drug-likeness (QED) is 0.442. The third-order valence-electron chi connectivity index (χ3n) is 3.21. The predicted octanol–water partition coefficient (Wildman–Crippen LogP) is -1.05. The standard InChI is InChI=1S/C14H23N3O3/c1-15(2)7-5-9-17(3,4)11-16-8-6-12(14(19)20)13(18)10-16/h6,8,10H,5,7,9,11H2,1-4H3/p+3. The highest BCUT2D eigenvalue weighted by Gasteiger charge is 2.22. The van der Waals surface area contributed by atoms with Crippen molar-refractivity contribution in [1.29, 1.82) is 0 Å². The van der Waals surface area contributed by atoms with Crippen LogP contribution in [-0.4, -0.2) is 61.9 Å². The summed E-state index contributed by atoms with van der Waals surface area (Å²) in [4.78, 5) is 12.3. The summed E-state index contributed by atoms with van der Waals surface area (Å²) < 4.78 is 2.61. The lowest BCUT2D eigenvalue weighted by atomic mass is 10.2. The van der Waals surface area contributed by atoms with Crippen LogP contribution in [0, 0.1) is 0 Å². The summed E-state index contributed by atoms with van der Waals surface area (Å²) in [5.41, 5.74) is -0.0669. The monoisotopic (exact) mass is 284 g/mol. The number of aromatic hydroxyl groups is 1. The highest BCUT2D eigenvalue weighted by molar-refractivity contribution is 5.90. The van der Waals surface area contributed by atoms with Crippen molar-refractivity contribution in [3.63, 3.8) is 0 Å². The predicted molar refractivity (Wildman–Crippen MR) is 74.5 cm³/mol. The van der Waals surface area contributed by atoms with Gasteiger partial charge in [0.2, 0.25) is 6.20 Å². The zero-order valence-electron chi connectivity index (χ0n) is 12.8. The number of hydrogen-bond donors (Lipinski definition) is 3. The molecule has 0 radical (unpaired) electrons. The van der Waals surface area contributed by atoms with E-state index in [2.05, 4.69) is 28.2 Å². The SMILES string of the molecule is C[NH+](C)CCC[N+](C)(C)C[n+]1ccc(C(=O)O)c(O)c1. The summed E-state index contributed by atoms with van der Waals surface area (Å²) in [6.45, 7) is 2.84. The minimum absolute atomic E-state index is 0.0669. The van der Waals surface area contributed by atoms with Crippen LogP contribution < -0.4 is 9.47 Å². The summed E-state index contributed by atoms with van der Waals surface area (Å²) in [7, 11) is 8.52. The molecule has 3 N–H and O–H groups in total. The van der Waals surface area contributed by atoms with E-state index in [0.29, 0.717) is 6.67 Å². The van der Waals surface area contributed by atoms with E-state index in [9.17, 15) is 9.90 Å². The smallest absolute Gasteiger partial charge is 0.339 e. The summed E-state index contributed by atoms with van der Waals surface area (Å²) >= 11 is 0. The van der Waals surface area contributed by atoms with Crippen LogP contribution >= 0.6 is 0 Å². The van der Waals surface area contributed by atoms with Crippen molar-refractivity contribution in [2.24, 2.45) is 0 Å². The van der Waals surface area contributed by atoms with Crippen LogP contribution in [0.2, 0.25) is 0 Å². The lowest BCUT2D eigenvalue weighted by Crippen LogP contribution is -3.05. The second kappa shape index (κ2) is 6.67. The molecule has 0 unspecified atom stereocenters. The Balaban J connectivity index is 2.67. The average Bonchev–Trinajstić information content (AvgIpc) is 2.26. The first-order valence-corrected chi connectivity index (χ1v) is 6.78.